The Morgan fingerprint density at radius 2 is 1.88 bits per heavy atom. The molecule has 0 amide bonds. The summed E-state index contributed by atoms with van der Waals surface area (Å²) in [4.78, 5) is 8.14. The molecule has 0 aliphatic rings. The van der Waals surface area contributed by atoms with Crippen LogP contribution in [0.1, 0.15) is 44.2 Å². The summed E-state index contributed by atoms with van der Waals surface area (Å²) >= 11 is 1.79. The molecule has 1 aromatic rings. The Morgan fingerprint density at radius 1 is 1.25 bits per heavy atom. The van der Waals surface area contributed by atoms with Crippen molar-refractivity contribution in [1.82, 2.24) is 10.3 Å². The van der Waals surface area contributed by atoms with E-state index in [4.69, 9.17) is 4.98 Å². The number of hydrogen-bond acceptors (Lipinski definition) is 4. The Kier molecular flexibility index (Phi) is 4.74. The summed E-state index contributed by atoms with van der Waals surface area (Å²) in [5, 5.41) is 4.56. The molecule has 0 aliphatic heterocycles. The smallest absolute Gasteiger partial charge is 0.185 e. The lowest BCUT2D eigenvalue weighted by atomic mass is 10.1. The highest BCUT2D eigenvalue weighted by molar-refractivity contribution is 7.15. The van der Waals surface area contributed by atoms with Gasteiger partial charge in [-0.25, -0.2) is 4.98 Å². The molecule has 0 aromatic carbocycles. The number of aromatic nitrogens is 1. The van der Waals surface area contributed by atoms with E-state index in [-0.39, 0.29) is 0 Å². The molecule has 1 N–H and O–H groups in total. The van der Waals surface area contributed by atoms with Crippen molar-refractivity contribution >= 4 is 16.5 Å². The third-order valence-corrected chi connectivity index (χ3v) is 3.56. The molecule has 4 heteroatoms. The second kappa shape index (κ2) is 5.64. The first-order valence-electron chi connectivity index (χ1n) is 5.82. The van der Waals surface area contributed by atoms with Crippen molar-refractivity contribution < 1.29 is 0 Å². The number of thiazole rings is 1. The lowest BCUT2D eigenvalue weighted by Crippen LogP contribution is -2.22. The van der Waals surface area contributed by atoms with Crippen molar-refractivity contribution in [2.24, 2.45) is 0 Å². The van der Waals surface area contributed by atoms with Crippen LogP contribution in [0.5, 0.6) is 0 Å². The molecule has 1 heterocycles. The van der Waals surface area contributed by atoms with E-state index in [1.807, 2.05) is 14.1 Å². The molecule has 0 bridgehead atoms. The predicted octanol–water partition coefficient (Wildman–Crippen LogP) is 2.83. The first-order chi connectivity index (χ1) is 7.41. The minimum atomic E-state index is 0.494. The Hall–Kier alpha value is -0.610. The van der Waals surface area contributed by atoms with Gasteiger partial charge < -0.3 is 10.2 Å². The zero-order valence-corrected chi connectivity index (χ0v) is 12.0. The molecule has 0 spiro atoms. The first-order valence-corrected chi connectivity index (χ1v) is 6.63. The first kappa shape index (κ1) is 13.5. The number of anilines is 1. The van der Waals surface area contributed by atoms with Gasteiger partial charge in [0.15, 0.2) is 5.13 Å². The molecule has 0 fully saturated rings. The molecule has 1 rings (SSSR count). The maximum atomic E-state index is 4.69. The summed E-state index contributed by atoms with van der Waals surface area (Å²) < 4.78 is 0. The fourth-order valence-corrected chi connectivity index (χ4v) is 2.50. The summed E-state index contributed by atoms with van der Waals surface area (Å²) in [5.74, 6) is 0.494. The zero-order chi connectivity index (χ0) is 12.3. The minimum absolute atomic E-state index is 0.494. The van der Waals surface area contributed by atoms with Gasteiger partial charge in [0.2, 0.25) is 0 Å². The van der Waals surface area contributed by atoms with Gasteiger partial charge in [-0.15, -0.1) is 11.3 Å². The number of nitrogens with zero attached hydrogens (tertiary/aromatic N) is 2. The highest BCUT2D eigenvalue weighted by Gasteiger charge is 2.15. The lowest BCUT2D eigenvalue weighted by Gasteiger charge is -2.08. The second-order valence-corrected chi connectivity index (χ2v) is 5.95. The van der Waals surface area contributed by atoms with Crippen molar-refractivity contribution in [2.45, 2.75) is 46.2 Å². The van der Waals surface area contributed by atoms with Gasteiger partial charge in [-0.05, 0) is 5.92 Å². The number of rotatable bonds is 5. The summed E-state index contributed by atoms with van der Waals surface area (Å²) in [6.07, 6.45) is 0. The normalized spacial score (nSPS) is 11.5. The van der Waals surface area contributed by atoms with Crippen LogP contribution < -0.4 is 10.2 Å². The molecule has 0 unspecified atom stereocenters. The van der Waals surface area contributed by atoms with Crippen LogP contribution in [0.4, 0.5) is 5.13 Å². The SMILES string of the molecule is CC(C)NCc1sc(N(C)C)nc1C(C)C. The van der Waals surface area contributed by atoms with Gasteiger partial charge in [-0.2, -0.15) is 0 Å². The lowest BCUT2D eigenvalue weighted by molar-refractivity contribution is 0.588. The molecular formula is C12H23N3S. The maximum absolute atomic E-state index is 4.69. The molecule has 0 atom stereocenters. The highest BCUT2D eigenvalue weighted by atomic mass is 32.1. The molecule has 0 saturated heterocycles. The third-order valence-electron chi connectivity index (χ3n) is 2.32. The van der Waals surface area contributed by atoms with Crippen molar-refractivity contribution in [1.29, 1.82) is 0 Å². The summed E-state index contributed by atoms with van der Waals surface area (Å²) in [6.45, 7) is 9.67. The van der Waals surface area contributed by atoms with Gasteiger partial charge in [-0.3, -0.25) is 0 Å². The van der Waals surface area contributed by atoms with Crippen LogP contribution in [0.2, 0.25) is 0 Å². The maximum Gasteiger partial charge on any atom is 0.185 e. The van der Waals surface area contributed by atoms with Crippen molar-refractivity contribution in [3.05, 3.63) is 10.6 Å². The fourth-order valence-electron chi connectivity index (χ4n) is 1.42. The van der Waals surface area contributed by atoms with Crippen LogP contribution in [0.15, 0.2) is 0 Å². The zero-order valence-electron chi connectivity index (χ0n) is 11.2. The molecule has 3 nitrogen and oxygen atoms in total. The van der Waals surface area contributed by atoms with E-state index in [0.717, 1.165) is 11.7 Å². The fraction of sp³-hybridized carbons (Fsp3) is 0.750. The molecule has 1 aromatic heterocycles. The summed E-state index contributed by atoms with van der Waals surface area (Å²) in [6, 6.07) is 0.518. The van der Waals surface area contributed by atoms with E-state index in [0.29, 0.717) is 12.0 Å². The summed E-state index contributed by atoms with van der Waals surface area (Å²) in [7, 11) is 4.09. The predicted molar refractivity (Wildman–Crippen MR) is 72.5 cm³/mol. The Labute approximate surface area is 103 Å². The second-order valence-electron chi connectivity index (χ2n) is 4.89. The van der Waals surface area contributed by atoms with Crippen molar-refractivity contribution in [3.63, 3.8) is 0 Å². The van der Waals surface area contributed by atoms with Crippen molar-refractivity contribution in [3.8, 4) is 0 Å². The van der Waals surface area contributed by atoms with E-state index in [1.54, 1.807) is 11.3 Å². The van der Waals surface area contributed by atoms with E-state index >= 15 is 0 Å². The van der Waals surface area contributed by atoms with E-state index in [1.165, 1.54) is 10.6 Å². The monoisotopic (exact) mass is 241 g/mol. The Bertz CT molecular complexity index is 329. The minimum Gasteiger partial charge on any atom is -0.354 e. The molecule has 0 aliphatic carbocycles. The van der Waals surface area contributed by atoms with Gasteiger partial charge in [0, 0.05) is 31.6 Å². The Morgan fingerprint density at radius 3 is 2.31 bits per heavy atom. The standard InChI is InChI=1S/C12H23N3S/c1-8(2)11-10(7-13-9(3)4)16-12(14-11)15(5)6/h8-9,13H,7H2,1-6H3. The molecule has 92 valence electrons. The number of nitrogens with one attached hydrogen (secondary N) is 1. The van der Waals surface area contributed by atoms with Gasteiger partial charge in [-0.1, -0.05) is 27.7 Å². The van der Waals surface area contributed by atoms with E-state index in [9.17, 15) is 0 Å². The molecule has 16 heavy (non-hydrogen) atoms. The number of hydrogen-bond donors (Lipinski definition) is 1. The van der Waals surface area contributed by atoms with Crippen LogP contribution in [-0.2, 0) is 6.54 Å². The Balaban J connectivity index is 2.87. The van der Waals surface area contributed by atoms with Gasteiger partial charge in [0.05, 0.1) is 5.69 Å². The van der Waals surface area contributed by atoms with Crippen molar-refractivity contribution in [2.75, 3.05) is 19.0 Å². The average molecular weight is 241 g/mol. The van der Waals surface area contributed by atoms with Gasteiger partial charge >= 0.3 is 0 Å². The highest BCUT2D eigenvalue weighted by Crippen LogP contribution is 2.29. The van der Waals surface area contributed by atoms with Gasteiger partial charge in [0.1, 0.15) is 0 Å². The quantitative estimate of drug-likeness (QED) is 0.859. The van der Waals surface area contributed by atoms with Crippen LogP contribution in [0, 0.1) is 0 Å². The van der Waals surface area contributed by atoms with E-state index < -0.39 is 0 Å². The van der Waals surface area contributed by atoms with Crippen LogP contribution in [0.3, 0.4) is 0 Å². The van der Waals surface area contributed by atoms with E-state index in [2.05, 4.69) is 37.9 Å². The van der Waals surface area contributed by atoms with Crippen LogP contribution >= 0.6 is 11.3 Å². The third kappa shape index (κ3) is 3.46. The summed E-state index contributed by atoms with van der Waals surface area (Å²) in [5.41, 5.74) is 1.24. The van der Waals surface area contributed by atoms with Gasteiger partial charge in [0.25, 0.3) is 0 Å². The van der Waals surface area contributed by atoms with Crippen LogP contribution in [0.25, 0.3) is 0 Å². The molecule has 0 radical (unpaired) electrons. The molecule has 0 saturated carbocycles. The largest absolute Gasteiger partial charge is 0.354 e. The van der Waals surface area contributed by atoms with Crippen LogP contribution in [-0.4, -0.2) is 25.1 Å². The average Bonchev–Trinajstić information content (AvgIpc) is 2.58. The topological polar surface area (TPSA) is 28.2 Å². The molecular weight excluding hydrogens is 218 g/mol.